The Kier molecular flexibility index (Phi) is 12.4. The molecule has 4 N–H and O–H groups in total. The number of aliphatic hydroxyl groups excluding tert-OH is 1. The Balaban J connectivity index is 0.945. The number of hydrogen-bond donors (Lipinski definition) is 4. The van der Waals surface area contributed by atoms with Gasteiger partial charge >= 0.3 is 0 Å². The second-order valence-electron chi connectivity index (χ2n) is 16.5. The largest absolute Gasteiger partial charge is 0.507 e. The fourth-order valence-corrected chi connectivity index (χ4v) is 8.58. The summed E-state index contributed by atoms with van der Waals surface area (Å²) in [6, 6.07) is 23.1. The SMILES string of the molecule is Cc1ncsc1-c1ccc([C@H](C)NC(=O)[C@@H]2C[C@@H](O)CN2C(=O)C(NC(=O)CN2CC=C(c3ccc(-c4cnnc(-c5ccccc5O)c4)cc3)CC2)C(C)(C)C)cc1. The van der Waals surface area contributed by atoms with Gasteiger partial charge in [-0.15, -0.1) is 11.3 Å². The van der Waals surface area contributed by atoms with E-state index in [1.54, 1.807) is 29.7 Å². The summed E-state index contributed by atoms with van der Waals surface area (Å²) in [7, 11) is 0. The van der Waals surface area contributed by atoms with Crippen molar-refractivity contribution in [2.75, 3.05) is 26.2 Å². The van der Waals surface area contributed by atoms with Crippen LogP contribution >= 0.6 is 11.3 Å². The number of benzene rings is 3. The number of rotatable bonds is 11. The lowest BCUT2D eigenvalue weighted by molar-refractivity contribution is -0.144. The first-order valence-corrected chi connectivity index (χ1v) is 20.8. The van der Waals surface area contributed by atoms with Gasteiger partial charge in [0.25, 0.3) is 0 Å². The molecule has 3 amide bonds. The minimum atomic E-state index is -0.907. The number of carbonyl (C=O) groups is 3. The molecule has 2 aliphatic rings. The van der Waals surface area contributed by atoms with Crippen LogP contribution in [0, 0.1) is 12.3 Å². The van der Waals surface area contributed by atoms with Crippen molar-refractivity contribution in [1.29, 1.82) is 0 Å². The lowest BCUT2D eigenvalue weighted by Crippen LogP contribution is -2.58. The molecule has 0 aliphatic carbocycles. The van der Waals surface area contributed by atoms with Crippen molar-refractivity contribution in [1.82, 2.24) is 35.6 Å². The van der Waals surface area contributed by atoms with E-state index in [-0.39, 0.29) is 49.0 Å². The second kappa shape index (κ2) is 17.6. The summed E-state index contributed by atoms with van der Waals surface area (Å²) >= 11 is 1.58. The van der Waals surface area contributed by atoms with E-state index in [0.717, 1.165) is 44.8 Å². The molecule has 59 heavy (non-hydrogen) atoms. The van der Waals surface area contributed by atoms with E-state index in [1.165, 1.54) is 10.5 Å². The average Bonchev–Trinajstić information content (AvgIpc) is 3.85. The number of aryl methyl sites for hydroxylation is 1. The number of phenolic OH excluding ortho intramolecular Hbond substituents is 1. The number of phenols is 1. The molecule has 306 valence electrons. The zero-order valence-corrected chi connectivity index (χ0v) is 34.9. The smallest absolute Gasteiger partial charge is 0.246 e. The summed E-state index contributed by atoms with van der Waals surface area (Å²) in [5.74, 6) is -0.861. The molecule has 1 saturated heterocycles. The van der Waals surface area contributed by atoms with E-state index in [9.17, 15) is 24.6 Å². The molecule has 2 aromatic heterocycles. The standard InChI is InChI=1S/C46H51N7O5S/c1-28(30-10-16-34(17-11-30)42-29(2)47-27-59-42)49-44(57)39-23-36(54)25-53(39)45(58)43(46(3,4)5)50-41(56)26-52-20-18-33(19-21-52)31-12-14-32(15-13-31)35-22-38(51-48-24-35)37-8-6-7-9-40(37)55/h6-18,22,24,27-28,36,39,43,54-55H,19-21,23,25-26H2,1-5H3,(H,49,57)(H,50,56)/t28-,36+,39-,43?/m0/s1. The van der Waals surface area contributed by atoms with Gasteiger partial charge in [0.05, 0.1) is 46.7 Å². The van der Waals surface area contributed by atoms with Gasteiger partial charge in [0, 0.05) is 37.2 Å². The zero-order valence-electron chi connectivity index (χ0n) is 34.1. The second-order valence-corrected chi connectivity index (χ2v) is 17.4. The van der Waals surface area contributed by atoms with Gasteiger partial charge in [-0.1, -0.05) is 87.5 Å². The lowest BCUT2D eigenvalue weighted by Gasteiger charge is -2.36. The molecule has 4 heterocycles. The fraction of sp³-hybridized carbons (Fsp3) is 0.348. The quantitative estimate of drug-likeness (QED) is 0.118. The lowest BCUT2D eigenvalue weighted by atomic mass is 9.85. The molecule has 0 radical (unpaired) electrons. The number of aliphatic hydroxyl groups is 1. The molecule has 0 spiro atoms. The van der Waals surface area contributed by atoms with Crippen molar-refractivity contribution >= 4 is 34.6 Å². The molecule has 7 rings (SSSR count). The van der Waals surface area contributed by atoms with Crippen LogP contribution in [0.25, 0.3) is 38.4 Å². The van der Waals surface area contributed by atoms with Gasteiger partial charge in [0.15, 0.2) is 0 Å². The zero-order chi connectivity index (χ0) is 41.8. The maximum atomic E-state index is 14.2. The number of carbonyl (C=O) groups excluding carboxylic acids is 3. The first-order chi connectivity index (χ1) is 28.2. The summed E-state index contributed by atoms with van der Waals surface area (Å²) < 4.78 is 0. The minimum Gasteiger partial charge on any atom is -0.507 e. The number of aromatic hydroxyl groups is 1. The third-order valence-corrected chi connectivity index (χ3v) is 12.1. The van der Waals surface area contributed by atoms with Crippen molar-refractivity contribution in [3.05, 3.63) is 113 Å². The molecule has 3 aromatic carbocycles. The van der Waals surface area contributed by atoms with E-state index >= 15 is 0 Å². The Hall–Kier alpha value is -5.76. The van der Waals surface area contributed by atoms with Crippen molar-refractivity contribution in [2.45, 2.75) is 71.7 Å². The number of hydrogen-bond acceptors (Lipinski definition) is 10. The minimum absolute atomic E-state index is 0.00997. The molecular weight excluding hydrogens is 763 g/mol. The summed E-state index contributed by atoms with van der Waals surface area (Å²) in [6.45, 7) is 10.9. The molecular formula is C46H51N7O5S. The topological polar surface area (TPSA) is 161 Å². The summed E-state index contributed by atoms with van der Waals surface area (Å²) in [4.78, 5) is 50.3. The van der Waals surface area contributed by atoms with Crippen LogP contribution in [0.3, 0.4) is 0 Å². The summed E-state index contributed by atoms with van der Waals surface area (Å²) in [5.41, 5.74) is 9.47. The maximum Gasteiger partial charge on any atom is 0.246 e. The van der Waals surface area contributed by atoms with Crippen LogP contribution < -0.4 is 10.6 Å². The van der Waals surface area contributed by atoms with E-state index in [0.29, 0.717) is 24.3 Å². The van der Waals surface area contributed by atoms with Crippen molar-refractivity contribution in [2.24, 2.45) is 5.41 Å². The van der Waals surface area contributed by atoms with Gasteiger partial charge in [-0.2, -0.15) is 10.2 Å². The van der Waals surface area contributed by atoms with Gasteiger partial charge in [0.2, 0.25) is 17.7 Å². The van der Waals surface area contributed by atoms with E-state index in [1.807, 2.05) is 99.6 Å². The summed E-state index contributed by atoms with van der Waals surface area (Å²) in [6.07, 6.45) is 3.85. The predicted molar refractivity (Wildman–Crippen MR) is 230 cm³/mol. The number of nitrogens with one attached hydrogen (secondary N) is 2. The third kappa shape index (κ3) is 9.59. The maximum absolute atomic E-state index is 14.2. The highest BCUT2D eigenvalue weighted by atomic mass is 32.1. The van der Waals surface area contributed by atoms with Crippen molar-refractivity contribution < 1.29 is 24.6 Å². The molecule has 13 heteroatoms. The van der Waals surface area contributed by atoms with E-state index in [4.69, 9.17) is 0 Å². The number of amides is 3. The Labute approximate surface area is 349 Å². The fourth-order valence-electron chi connectivity index (χ4n) is 7.77. The molecule has 5 aromatic rings. The van der Waals surface area contributed by atoms with Crippen LogP contribution in [0.4, 0.5) is 0 Å². The van der Waals surface area contributed by atoms with Gasteiger partial charge in [-0.3, -0.25) is 19.3 Å². The Morgan fingerprint density at radius 2 is 1.66 bits per heavy atom. The van der Waals surface area contributed by atoms with Crippen LogP contribution in [-0.2, 0) is 14.4 Å². The van der Waals surface area contributed by atoms with Crippen LogP contribution in [0.1, 0.15) is 63.4 Å². The molecule has 1 fully saturated rings. The van der Waals surface area contributed by atoms with Gasteiger partial charge in [0.1, 0.15) is 17.8 Å². The number of para-hydroxylation sites is 1. The van der Waals surface area contributed by atoms with Crippen LogP contribution in [0.2, 0.25) is 0 Å². The Bertz CT molecular complexity index is 2340. The first kappa shape index (κ1) is 41.4. The molecule has 2 aliphatic heterocycles. The molecule has 0 bridgehead atoms. The van der Waals surface area contributed by atoms with Crippen LogP contribution in [0.15, 0.2) is 96.6 Å². The number of thiazole rings is 1. The van der Waals surface area contributed by atoms with Gasteiger partial charge in [-0.05, 0) is 71.7 Å². The summed E-state index contributed by atoms with van der Waals surface area (Å²) in [5, 5.41) is 35.4. The van der Waals surface area contributed by atoms with Gasteiger partial charge < -0.3 is 25.7 Å². The normalized spacial score (nSPS) is 18.2. The van der Waals surface area contributed by atoms with Crippen LogP contribution in [-0.4, -0.2) is 97.3 Å². The van der Waals surface area contributed by atoms with E-state index in [2.05, 4.69) is 44.0 Å². The van der Waals surface area contributed by atoms with Gasteiger partial charge in [-0.25, -0.2) is 4.98 Å². The Morgan fingerprint density at radius 1 is 0.949 bits per heavy atom. The molecule has 1 unspecified atom stereocenters. The predicted octanol–water partition coefficient (Wildman–Crippen LogP) is 6.41. The highest BCUT2D eigenvalue weighted by Gasteiger charge is 2.44. The monoisotopic (exact) mass is 813 g/mol. The number of nitrogens with zero attached hydrogens (tertiary/aromatic N) is 5. The van der Waals surface area contributed by atoms with Crippen molar-refractivity contribution in [3.63, 3.8) is 0 Å². The number of aromatic nitrogens is 3. The molecule has 12 nitrogen and oxygen atoms in total. The highest BCUT2D eigenvalue weighted by molar-refractivity contribution is 7.13. The first-order valence-electron chi connectivity index (χ1n) is 20.0. The van der Waals surface area contributed by atoms with E-state index < -0.39 is 23.6 Å². The Morgan fingerprint density at radius 3 is 2.32 bits per heavy atom. The third-order valence-electron chi connectivity index (χ3n) is 11.1. The molecule has 0 saturated carbocycles. The van der Waals surface area contributed by atoms with Crippen LogP contribution in [0.5, 0.6) is 5.75 Å². The number of β-amino-alcohol motifs (C(OH)–C–C–N with tert-alkyl or cyclic N) is 1. The molecule has 4 atom stereocenters. The van der Waals surface area contributed by atoms with Crippen molar-refractivity contribution in [3.8, 4) is 38.6 Å². The average molecular weight is 814 g/mol. The number of likely N-dealkylation sites (tertiary alicyclic amines) is 1. The highest BCUT2D eigenvalue weighted by Crippen LogP contribution is 2.32.